The molecule has 0 radical (unpaired) electrons. The van der Waals surface area contributed by atoms with Crippen molar-refractivity contribution in [2.45, 2.75) is 19.6 Å². The number of rotatable bonds is 9. The highest BCUT2D eigenvalue weighted by Gasteiger charge is 2.16. The van der Waals surface area contributed by atoms with Crippen LogP contribution in [-0.2, 0) is 19.6 Å². The second-order valence-electron chi connectivity index (χ2n) is 7.13. The molecule has 0 saturated heterocycles. The van der Waals surface area contributed by atoms with Gasteiger partial charge < -0.3 is 10.1 Å². The number of nitrogens with one attached hydrogen (secondary N) is 1. The lowest BCUT2D eigenvalue weighted by molar-refractivity contribution is -0.385. The molecule has 0 saturated carbocycles. The largest absolute Gasteiger partial charge is 0.450 e. The standard InChI is InChI=1S/C23H20ClN5O3/c24-20-7-10-23(22(11-20)29(30)31)32-21-8-5-18(6-9-21)13-25-12-17-1-3-19(4-2-17)14-28-16-26-15-27-28/h1-11,15-16,25H,12-14H2. The first-order chi connectivity index (χ1) is 15.6. The lowest BCUT2D eigenvalue weighted by Crippen LogP contribution is -2.12. The molecule has 32 heavy (non-hydrogen) atoms. The Morgan fingerprint density at radius 1 is 0.969 bits per heavy atom. The van der Waals surface area contributed by atoms with Gasteiger partial charge >= 0.3 is 5.69 Å². The molecule has 4 aromatic rings. The molecule has 0 amide bonds. The van der Waals surface area contributed by atoms with E-state index in [1.54, 1.807) is 29.2 Å². The first-order valence-corrected chi connectivity index (χ1v) is 10.3. The Bertz CT molecular complexity index is 1180. The minimum atomic E-state index is -0.513. The summed E-state index contributed by atoms with van der Waals surface area (Å²) in [4.78, 5) is 14.6. The predicted octanol–water partition coefficient (Wildman–Crippen LogP) is 4.97. The first-order valence-electron chi connectivity index (χ1n) is 9.88. The second-order valence-corrected chi connectivity index (χ2v) is 7.56. The summed E-state index contributed by atoms with van der Waals surface area (Å²) in [5.41, 5.74) is 3.25. The summed E-state index contributed by atoms with van der Waals surface area (Å²) in [6.07, 6.45) is 3.22. The molecule has 0 aliphatic heterocycles. The summed E-state index contributed by atoms with van der Waals surface area (Å²) in [5.74, 6) is 0.666. The molecule has 0 bridgehead atoms. The monoisotopic (exact) mass is 449 g/mol. The highest BCUT2D eigenvalue weighted by Crippen LogP contribution is 2.33. The first kappa shape index (κ1) is 21.5. The van der Waals surface area contributed by atoms with Gasteiger partial charge in [0, 0.05) is 24.2 Å². The van der Waals surface area contributed by atoms with E-state index in [-0.39, 0.29) is 16.5 Å². The fraction of sp³-hybridized carbons (Fsp3) is 0.130. The number of nitrogens with zero attached hydrogens (tertiary/aromatic N) is 4. The molecular weight excluding hydrogens is 430 g/mol. The Morgan fingerprint density at radius 2 is 1.62 bits per heavy atom. The van der Waals surface area contributed by atoms with Crippen LogP contribution in [0, 0.1) is 10.1 Å². The van der Waals surface area contributed by atoms with Crippen LogP contribution in [-0.4, -0.2) is 19.7 Å². The van der Waals surface area contributed by atoms with Crippen molar-refractivity contribution in [2.75, 3.05) is 0 Å². The topological polar surface area (TPSA) is 95.1 Å². The maximum atomic E-state index is 11.2. The quantitative estimate of drug-likeness (QED) is 0.286. The molecule has 0 atom stereocenters. The number of ether oxygens (including phenoxy) is 1. The van der Waals surface area contributed by atoms with Gasteiger partial charge in [-0.25, -0.2) is 9.67 Å². The van der Waals surface area contributed by atoms with Crippen LogP contribution in [0.5, 0.6) is 11.5 Å². The summed E-state index contributed by atoms with van der Waals surface area (Å²) in [7, 11) is 0. The van der Waals surface area contributed by atoms with Crippen molar-refractivity contribution < 1.29 is 9.66 Å². The maximum absolute atomic E-state index is 11.2. The van der Waals surface area contributed by atoms with Crippen molar-refractivity contribution in [3.05, 3.63) is 111 Å². The van der Waals surface area contributed by atoms with E-state index in [1.807, 2.05) is 12.1 Å². The van der Waals surface area contributed by atoms with Gasteiger partial charge in [-0.1, -0.05) is 48.0 Å². The number of hydrogen-bond acceptors (Lipinski definition) is 6. The zero-order valence-electron chi connectivity index (χ0n) is 17.0. The van der Waals surface area contributed by atoms with Gasteiger partial charge in [0.2, 0.25) is 5.75 Å². The fourth-order valence-electron chi connectivity index (χ4n) is 3.14. The molecule has 4 rings (SSSR count). The Morgan fingerprint density at radius 3 is 2.25 bits per heavy atom. The molecule has 1 heterocycles. The Kier molecular flexibility index (Phi) is 6.74. The van der Waals surface area contributed by atoms with Gasteiger partial charge in [0.25, 0.3) is 0 Å². The lowest BCUT2D eigenvalue weighted by atomic mass is 10.1. The van der Waals surface area contributed by atoms with Gasteiger partial charge in [-0.05, 0) is 41.0 Å². The van der Waals surface area contributed by atoms with Crippen LogP contribution in [0.25, 0.3) is 0 Å². The van der Waals surface area contributed by atoms with Crippen molar-refractivity contribution in [3.8, 4) is 11.5 Å². The Balaban J connectivity index is 1.28. The van der Waals surface area contributed by atoms with Gasteiger partial charge in [-0.2, -0.15) is 5.10 Å². The SMILES string of the molecule is O=[N+]([O-])c1cc(Cl)ccc1Oc1ccc(CNCc2ccc(Cn3cncn3)cc2)cc1. The molecule has 0 fully saturated rings. The van der Waals surface area contributed by atoms with Crippen LogP contribution in [0.1, 0.15) is 16.7 Å². The minimum Gasteiger partial charge on any atom is -0.450 e. The molecule has 162 valence electrons. The molecule has 1 aromatic heterocycles. The molecule has 0 unspecified atom stereocenters. The Labute approximate surface area is 189 Å². The second kappa shape index (κ2) is 10.0. The summed E-state index contributed by atoms with van der Waals surface area (Å²) in [6.45, 7) is 2.11. The van der Waals surface area contributed by atoms with Crippen LogP contribution >= 0.6 is 11.6 Å². The maximum Gasteiger partial charge on any atom is 0.313 e. The van der Waals surface area contributed by atoms with E-state index in [9.17, 15) is 10.1 Å². The fourth-order valence-corrected chi connectivity index (χ4v) is 3.30. The van der Waals surface area contributed by atoms with E-state index >= 15 is 0 Å². The third-order valence-corrected chi connectivity index (χ3v) is 5.00. The van der Waals surface area contributed by atoms with E-state index < -0.39 is 4.92 Å². The van der Waals surface area contributed by atoms with E-state index in [0.717, 1.165) is 17.7 Å². The molecule has 9 heteroatoms. The zero-order valence-corrected chi connectivity index (χ0v) is 17.8. The smallest absolute Gasteiger partial charge is 0.313 e. The number of halogens is 1. The van der Waals surface area contributed by atoms with Gasteiger partial charge in [-0.15, -0.1) is 0 Å². The summed E-state index contributed by atoms with van der Waals surface area (Å²) >= 11 is 5.84. The molecule has 0 aliphatic rings. The van der Waals surface area contributed by atoms with E-state index in [0.29, 0.717) is 18.8 Å². The molecule has 3 aromatic carbocycles. The van der Waals surface area contributed by atoms with Crippen molar-refractivity contribution in [1.82, 2.24) is 20.1 Å². The van der Waals surface area contributed by atoms with Crippen LogP contribution < -0.4 is 10.1 Å². The molecular formula is C23H20ClN5O3. The third kappa shape index (κ3) is 5.69. The van der Waals surface area contributed by atoms with E-state index in [1.165, 1.54) is 24.0 Å². The number of nitro groups is 1. The highest BCUT2D eigenvalue weighted by molar-refractivity contribution is 6.30. The van der Waals surface area contributed by atoms with Crippen molar-refractivity contribution in [1.29, 1.82) is 0 Å². The molecule has 8 nitrogen and oxygen atoms in total. The van der Waals surface area contributed by atoms with Crippen molar-refractivity contribution in [3.63, 3.8) is 0 Å². The highest BCUT2D eigenvalue weighted by atomic mass is 35.5. The van der Waals surface area contributed by atoms with Crippen molar-refractivity contribution in [2.24, 2.45) is 0 Å². The summed E-state index contributed by atoms with van der Waals surface area (Å²) in [6, 6.07) is 20.1. The molecule has 0 aliphatic carbocycles. The number of aromatic nitrogens is 3. The normalized spacial score (nSPS) is 10.8. The molecule has 0 spiro atoms. The van der Waals surface area contributed by atoms with Gasteiger partial charge in [0.15, 0.2) is 0 Å². The van der Waals surface area contributed by atoms with E-state index in [2.05, 4.69) is 39.7 Å². The average Bonchev–Trinajstić information content (AvgIpc) is 3.30. The summed E-state index contributed by atoms with van der Waals surface area (Å²) in [5, 5.41) is 19.0. The number of hydrogen-bond donors (Lipinski definition) is 1. The van der Waals surface area contributed by atoms with Gasteiger partial charge in [0.05, 0.1) is 11.5 Å². The Hall–Kier alpha value is -3.75. The minimum absolute atomic E-state index is 0.151. The average molecular weight is 450 g/mol. The van der Waals surface area contributed by atoms with Crippen LogP contribution in [0.3, 0.4) is 0 Å². The summed E-state index contributed by atoms with van der Waals surface area (Å²) < 4.78 is 7.46. The van der Waals surface area contributed by atoms with Gasteiger partial charge in [0.1, 0.15) is 18.4 Å². The molecule has 1 N–H and O–H groups in total. The van der Waals surface area contributed by atoms with E-state index in [4.69, 9.17) is 16.3 Å². The van der Waals surface area contributed by atoms with Gasteiger partial charge in [-0.3, -0.25) is 10.1 Å². The third-order valence-electron chi connectivity index (χ3n) is 4.76. The zero-order chi connectivity index (χ0) is 22.3. The van der Waals surface area contributed by atoms with Crippen LogP contribution in [0.2, 0.25) is 5.02 Å². The predicted molar refractivity (Wildman–Crippen MR) is 121 cm³/mol. The number of benzene rings is 3. The van der Waals surface area contributed by atoms with Crippen molar-refractivity contribution >= 4 is 17.3 Å². The number of nitro benzene ring substituents is 1. The van der Waals surface area contributed by atoms with Crippen LogP contribution in [0.4, 0.5) is 5.69 Å². The van der Waals surface area contributed by atoms with Crippen LogP contribution in [0.15, 0.2) is 79.4 Å². The lowest BCUT2D eigenvalue weighted by Gasteiger charge is -2.09.